The van der Waals surface area contributed by atoms with E-state index in [-0.39, 0.29) is 5.91 Å². The van der Waals surface area contributed by atoms with Crippen molar-refractivity contribution in [3.8, 4) is 0 Å². The van der Waals surface area contributed by atoms with Crippen molar-refractivity contribution >= 4 is 11.9 Å². The van der Waals surface area contributed by atoms with Crippen LogP contribution in [0.5, 0.6) is 0 Å². The number of nitrogens with zero attached hydrogens (tertiary/aromatic N) is 1. The molecule has 15 heavy (non-hydrogen) atoms. The minimum absolute atomic E-state index is 0.0556. The first-order valence-electron chi connectivity index (χ1n) is 5.23. The largest absolute Gasteiger partial charge is 0.480 e. The summed E-state index contributed by atoms with van der Waals surface area (Å²) in [6.45, 7) is 4.83. The molecule has 5 heteroatoms. The lowest BCUT2D eigenvalue weighted by Crippen LogP contribution is -2.31. The minimum Gasteiger partial charge on any atom is -0.480 e. The Morgan fingerprint density at radius 2 is 2.00 bits per heavy atom. The molecule has 0 aromatic carbocycles. The van der Waals surface area contributed by atoms with Crippen LogP contribution in [0, 0.1) is 0 Å². The summed E-state index contributed by atoms with van der Waals surface area (Å²) in [4.78, 5) is 23.1. The molecule has 0 aromatic heterocycles. The van der Waals surface area contributed by atoms with Crippen LogP contribution in [0.4, 0.5) is 0 Å². The lowest BCUT2D eigenvalue weighted by molar-refractivity contribution is -0.138. The summed E-state index contributed by atoms with van der Waals surface area (Å²) < 4.78 is 0. The third kappa shape index (κ3) is 6.06. The van der Waals surface area contributed by atoms with Gasteiger partial charge in [-0.3, -0.25) is 9.59 Å². The topological polar surface area (TPSA) is 83.6 Å². The number of hydrogen-bond donors (Lipinski definition) is 2. The van der Waals surface area contributed by atoms with Crippen molar-refractivity contribution in [3.63, 3.8) is 0 Å². The number of aliphatic carboxylic acids is 1. The predicted molar refractivity (Wildman–Crippen MR) is 57.4 cm³/mol. The molecule has 0 fully saturated rings. The average molecular weight is 216 g/mol. The molecule has 0 aliphatic rings. The van der Waals surface area contributed by atoms with Gasteiger partial charge in [-0.2, -0.15) is 0 Å². The Kier molecular flexibility index (Phi) is 6.70. The van der Waals surface area contributed by atoms with Gasteiger partial charge in [-0.15, -0.1) is 0 Å². The summed E-state index contributed by atoms with van der Waals surface area (Å²) in [7, 11) is 0. The Balaban J connectivity index is 3.61. The Hall–Kier alpha value is -1.10. The SMILES string of the molecule is CCN(CCCC[C@H](N)C(=O)O)C(C)=O. The normalized spacial score (nSPS) is 12.2. The summed E-state index contributed by atoms with van der Waals surface area (Å²) >= 11 is 0. The van der Waals surface area contributed by atoms with Crippen LogP contribution >= 0.6 is 0 Å². The number of carboxylic acids is 1. The molecule has 0 aliphatic carbocycles. The first-order valence-corrected chi connectivity index (χ1v) is 5.23. The van der Waals surface area contributed by atoms with Crippen LogP contribution in [0.1, 0.15) is 33.1 Å². The standard InChI is InChI=1S/C10H20N2O3/c1-3-12(8(2)13)7-5-4-6-9(11)10(14)15/h9H,3-7,11H2,1-2H3,(H,14,15)/t9-/m0/s1. The number of carboxylic acid groups (broad SMARTS) is 1. The number of amides is 1. The number of hydrogen-bond acceptors (Lipinski definition) is 3. The molecule has 0 saturated carbocycles. The van der Waals surface area contributed by atoms with Crippen molar-refractivity contribution in [2.24, 2.45) is 5.73 Å². The van der Waals surface area contributed by atoms with E-state index in [1.807, 2.05) is 6.92 Å². The van der Waals surface area contributed by atoms with Gasteiger partial charge in [0.1, 0.15) is 6.04 Å². The van der Waals surface area contributed by atoms with Crippen LogP contribution < -0.4 is 5.73 Å². The molecule has 0 heterocycles. The van der Waals surface area contributed by atoms with Gasteiger partial charge in [0, 0.05) is 20.0 Å². The number of nitrogens with two attached hydrogens (primary N) is 1. The van der Waals surface area contributed by atoms with Crippen molar-refractivity contribution in [3.05, 3.63) is 0 Å². The third-order valence-corrected chi connectivity index (χ3v) is 2.34. The molecule has 88 valence electrons. The Morgan fingerprint density at radius 3 is 2.40 bits per heavy atom. The maximum Gasteiger partial charge on any atom is 0.320 e. The third-order valence-electron chi connectivity index (χ3n) is 2.34. The lowest BCUT2D eigenvalue weighted by Gasteiger charge is -2.18. The molecular weight excluding hydrogens is 196 g/mol. The quantitative estimate of drug-likeness (QED) is 0.605. The van der Waals surface area contributed by atoms with Crippen LogP contribution in [0.25, 0.3) is 0 Å². The summed E-state index contributed by atoms with van der Waals surface area (Å²) in [5.74, 6) is -0.908. The zero-order valence-electron chi connectivity index (χ0n) is 9.40. The Morgan fingerprint density at radius 1 is 1.40 bits per heavy atom. The highest BCUT2D eigenvalue weighted by Gasteiger charge is 2.11. The van der Waals surface area contributed by atoms with E-state index in [1.54, 1.807) is 4.90 Å². The summed E-state index contributed by atoms with van der Waals surface area (Å²) in [5.41, 5.74) is 5.35. The van der Waals surface area contributed by atoms with E-state index < -0.39 is 12.0 Å². The van der Waals surface area contributed by atoms with Crippen LogP contribution in [0.3, 0.4) is 0 Å². The van der Waals surface area contributed by atoms with E-state index in [0.29, 0.717) is 19.5 Å². The fraction of sp³-hybridized carbons (Fsp3) is 0.800. The highest BCUT2D eigenvalue weighted by Crippen LogP contribution is 2.01. The zero-order chi connectivity index (χ0) is 11.8. The molecule has 0 radical (unpaired) electrons. The highest BCUT2D eigenvalue weighted by atomic mass is 16.4. The Bertz CT molecular complexity index is 219. The number of carbonyl (C=O) groups is 2. The second kappa shape index (κ2) is 7.23. The maximum absolute atomic E-state index is 11.0. The van der Waals surface area contributed by atoms with E-state index in [4.69, 9.17) is 10.8 Å². The molecule has 0 aliphatic heterocycles. The van der Waals surface area contributed by atoms with Crippen LogP contribution in [0.15, 0.2) is 0 Å². The van der Waals surface area contributed by atoms with Crippen molar-refractivity contribution in [1.82, 2.24) is 4.90 Å². The van der Waals surface area contributed by atoms with Crippen molar-refractivity contribution < 1.29 is 14.7 Å². The molecule has 0 unspecified atom stereocenters. The maximum atomic E-state index is 11.0. The van der Waals surface area contributed by atoms with Crippen LogP contribution in [0.2, 0.25) is 0 Å². The second-order valence-electron chi connectivity index (χ2n) is 3.54. The molecule has 0 bridgehead atoms. The van der Waals surface area contributed by atoms with Crippen LogP contribution in [-0.2, 0) is 9.59 Å². The van der Waals surface area contributed by atoms with Gasteiger partial charge in [0.05, 0.1) is 0 Å². The van der Waals surface area contributed by atoms with Gasteiger partial charge in [-0.05, 0) is 26.2 Å². The molecule has 0 rings (SSSR count). The summed E-state index contributed by atoms with van der Waals surface area (Å²) in [6, 6.07) is -0.780. The second-order valence-corrected chi connectivity index (χ2v) is 3.54. The molecule has 5 nitrogen and oxygen atoms in total. The first-order chi connectivity index (χ1) is 6.99. The Labute approximate surface area is 90.2 Å². The molecule has 0 spiro atoms. The number of carbonyl (C=O) groups excluding carboxylic acids is 1. The van der Waals surface area contributed by atoms with Gasteiger partial charge >= 0.3 is 5.97 Å². The van der Waals surface area contributed by atoms with Crippen LogP contribution in [-0.4, -0.2) is 41.0 Å². The van der Waals surface area contributed by atoms with Crippen molar-refractivity contribution in [2.45, 2.75) is 39.2 Å². The van der Waals surface area contributed by atoms with Gasteiger partial charge in [0.2, 0.25) is 5.91 Å². The average Bonchev–Trinajstić information content (AvgIpc) is 2.16. The molecule has 3 N–H and O–H groups in total. The van der Waals surface area contributed by atoms with E-state index >= 15 is 0 Å². The first kappa shape index (κ1) is 13.9. The van der Waals surface area contributed by atoms with Gasteiger partial charge in [-0.1, -0.05) is 0 Å². The number of rotatable bonds is 7. The molecule has 1 atom stereocenters. The number of unbranched alkanes of at least 4 members (excludes halogenated alkanes) is 1. The van der Waals surface area contributed by atoms with Crippen molar-refractivity contribution in [2.75, 3.05) is 13.1 Å². The van der Waals surface area contributed by atoms with E-state index in [0.717, 1.165) is 12.8 Å². The lowest BCUT2D eigenvalue weighted by atomic mass is 10.1. The summed E-state index contributed by atoms with van der Waals surface area (Å²) in [5, 5.41) is 8.54. The van der Waals surface area contributed by atoms with Gasteiger partial charge < -0.3 is 15.7 Å². The predicted octanol–water partition coefficient (Wildman–Crippen LogP) is 0.437. The molecular formula is C10H20N2O3. The van der Waals surface area contributed by atoms with E-state index in [2.05, 4.69) is 0 Å². The monoisotopic (exact) mass is 216 g/mol. The minimum atomic E-state index is -0.964. The smallest absolute Gasteiger partial charge is 0.320 e. The van der Waals surface area contributed by atoms with Gasteiger partial charge in [0.25, 0.3) is 0 Å². The fourth-order valence-electron chi connectivity index (χ4n) is 1.33. The highest BCUT2D eigenvalue weighted by molar-refractivity contribution is 5.73. The molecule has 0 saturated heterocycles. The molecule has 1 amide bonds. The fourth-order valence-corrected chi connectivity index (χ4v) is 1.33. The van der Waals surface area contributed by atoms with E-state index in [9.17, 15) is 9.59 Å². The van der Waals surface area contributed by atoms with E-state index in [1.165, 1.54) is 6.92 Å². The molecule has 0 aromatic rings. The summed E-state index contributed by atoms with van der Waals surface area (Å²) in [6.07, 6.45) is 2.00. The van der Waals surface area contributed by atoms with Crippen molar-refractivity contribution in [1.29, 1.82) is 0 Å². The van der Waals surface area contributed by atoms with Gasteiger partial charge in [-0.25, -0.2) is 0 Å². The zero-order valence-corrected chi connectivity index (χ0v) is 9.40. The van der Waals surface area contributed by atoms with Gasteiger partial charge in [0.15, 0.2) is 0 Å².